The van der Waals surface area contributed by atoms with Crippen LogP contribution in [0.1, 0.15) is 65.2 Å². The molecule has 0 radical (unpaired) electrons. The van der Waals surface area contributed by atoms with Gasteiger partial charge in [0, 0.05) is 71.6 Å². The van der Waals surface area contributed by atoms with E-state index in [9.17, 15) is 161 Å². The lowest BCUT2D eigenvalue weighted by molar-refractivity contribution is -0.338. The maximum atomic E-state index is 14.9. The number of ketones is 1. The van der Waals surface area contributed by atoms with Crippen LogP contribution < -0.4 is 10.6 Å². The van der Waals surface area contributed by atoms with Gasteiger partial charge < -0.3 is 190 Å². The number of hydrogen-bond donors (Lipinski definition) is 27. The van der Waals surface area contributed by atoms with E-state index in [2.05, 4.69) is 10.6 Å². The molecule has 6 rings (SSSR count). The number of hydrogen-bond acceptors (Lipinski definition) is 42. The van der Waals surface area contributed by atoms with Gasteiger partial charge in [-0.1, -0.05) is 13.3 Å². The summed E-state index contributed by atoms with van der Waals surface area (Å²) in [7, 11) is 0. The Labute approximate surface area is 657 Å². The molecule has 27 N–H and O–H groups in total. The highest BCUT2D eigenvalue weighted by atomic mass is 16.8. The molecule has 30 atom stereocenters. The minimum Gasteiger partial charge on any atom is -0.480 e. The van der Waals surface area contributed by atoms with E-state index in [-0.39, 0.29) is 38.8 Å². The minimum absolute atomic E-state index is 0.0702. The van der Waals surface area contributed by atoms with Crippen molar-refractivity contribution in [1.82, 2.24) is 30.2 Å². The maximum absolute atomic E-state index is 14.9. The van der Waals surface area contributed by atoms with Gasteiger partial charge in [-0.15, -0.1) is 0 Å². The number of carbonyl (C=O) groups is 7. The van der Waals surface area contributed by atoms with Gasteiger partial charge in [-0.2, -0.15) is 0 Å². The number of nitrogens with zero attached hydrogens (tertiary/aromatic N) is 4. The van der Waals surface area contributed by atoms with Crippen molar-refractivity contribution >= 4 is 41.5 Å². The van der Waals surface area contributed by atoms with Gasteiger partial charge in [-0.25, -0.2) is 0 Å². The maximum Gasteiger partial charge on any atom is 0.320 e. The van der Waals surface area contributed by atoms with Crippen molar-refractivity contribution in [1.29, 1.82) is 0 Å². The summed E-state index contributed by atoms with van der Waals surface area (Å²) in [6.45, 7) is -11.8. The standard InChI is InChI=1S/C67H116N6O42/c1-3-4-32(56(97)98)70-11-13-72(34(58(101)102)7-9-40(81)68-66(24-79,25-106-61-52(93)47(88)43(84)36(20-75)111-61)26-107-65-51(92)42(83)31(19-74)60(105)115-65)17-15-71(33(57(99)100)6-5-30(2)80)16-18-73(14-12-70)35(59(103)104)8-10-41(82)69-67(27-108-62-53(94)48(89)44(85)37(21-76)112-62,28-109-63-54(95)49(90)45(86)38(22-77)113-63)29-110-64-55(96)50(91)46(87)39(23-78)114-64/h31-39,42-55,60-65,74-79,83-96,105H,3-29H2,1-2H3,(H,68,81)(H,69,82)(H,97,98)(H,99,100)(H,101,102)(H,103,104)/t31?,32-,33-,34-,35-,36?,37?,38?,39?,42?,43?,44?,45?,46?,47?,48?,49?,50?,51?,52?,53?,54?,55?,60?,61?,62?,63?,64?,65?,66?,67?/m0/s1. The second-order valence-corrected chi connectivity index (χ2v) is 29.5. The van der Waals surface area contributed by atoms with Crippen molar-refractivity contribution in [2.24, 2.45) is 5.92 Å². The molecule has 0 saturated carbocycles. The van der Waals surface area contributed by atoms with E-state index < -0.39 is 368 Å². The average Bonchev–Trinajstić information content (AvgIpc) is 0.808. The molecule has 666 valence electrons. The van der Waals surface area contributed by atoms with Crippen LogP contribution >= 0.6 is 0 Å². The summed E-state index contributed by atoms with van der Waals surface area (Å²) in [5.41, 5.74) is -4.74. The largest absolute Gasteiger partial charge is 0.480 e. The summed E-state index contributed by atoms with van der Waals surface area (Å²) in [4.78, 5) is 101. The fourth-order valence-corrected chi connectivity index (χ4v) is 14.2. The Kier molecular flexibility index (Phi) is 39.7. The Balaban J connectivity index is 1.34. The molecular formula is C67H116N6O42. The van der Waals surface area contributed by atoms with Crippen LogP contribution in [0.15, 0.2) is 0 Å². The molecule has 0 bridgehead atoms. The number of carboxylic acids is 4. The van der Waals surface area contributed by atoms with E-state index in [1.807, 2.05) is 0 Å². The molecule has 0 spiro atoms. The number of aliphatic hydroxyl groups is 21. The van der Waals surface area contributed by atoms with Crippen LogP contribution in [0.5, 0.6) is 0 Å². The number of amides is 2. The smallest absolute Gasteiger partial charge is 0.320 e. The fourth-order valence-electron chi connectivity index (χ4n) is 14.2. The van der Waals surface area contributed by atoms with Crippen molar-refractivity contribution in [3.8, 4) is 0 Å². The molecule has 115 heavy (non-hydrogen) atoms. The Morgan fingerprint density at radius 2 is 0.600 bits per heavy atom. The first-order valence-corrected chi connectivity index (χ1v) is 37.5. The van der Waals surface area contributed by atoms with Crippen LogP contribution in [0.25, 0.3) is 0 Å². The molecule has 0 aromatic carbocycles. The fraction of sp³-hybridized carbons (Fsp3) is 0.896. The Bertz CT molecular complexity index is 2920. The number of aliphatic hydroxyl groups excluding tert-OH is 21. The SMILES string of the molecule is CCC[C@@H](C(=O)O)N1CCN([C@@H](CCC(=O)NC(COC2OC(CO)C(O)C(O)C2O)(COC2OC(CO)C(O)C(O)C2O)COC2OC(CO)C(O)C(O)C2O)C(=O)O)CCN([C@@H](CCC(C)=O)C(=O)O)CCN([C@@H](CCC(=O)NC(CO)(COC2OC(CO)C(O)C(O)C2O)COC2OC(O)C(CO)C(O)C2O)C(=O)O)CC1. The molecule has 48 heteroatoms. The molecule has 6 saturated heterocycles. The summed E-state index contributed by atoms with van der Waals surface area (Å²) in [5, 5.41) is 271. The van der Waals surface area contributed by atoms with Crippen molar-refractivity contribution < 1.29 is 209 Å². The molecule has 6 heterocycles. The van der Waals surface area contributed by atoms with E-state index in [0.717, 1.165) is 0 Å². The summed E-state index contributed by atoms with van der Waals surface area (Å²) in [5.74, 6) is -10.3. The van der Waals surface area contributed by atoms with E-state index in [1.54, 1.807) is 6.92 Å². The van der Waals surface area contributed by atoms with Crippen molar-refractivity contribution in [3.05, 3.63) is 0 Å². The Morgan fingerprint density at radius 3 is 0.852 bits per heavy atom. The third-order valence-electron chi connectivity index (χ3n) is 21.3. The number of carboxylic acid groups (broad SMARTS) is 4. The lowest BCUT2D eigenvalue weighted by Crippen LogP contribution is -2.65. The predicted octanol–water partition coefficient (Wildman–Crippen LogP) is -15.3. The molecule has 48 nitrogen and oxygen atoms in total. The average molecular weight is 1680 g/mol. The second-order valence-electron chi connectivity index (χ2n) is 29.5. The van der Waals surface area contributed by atoms with Crippen LogP contribution in [0.4, 0.5) is 0 Å². The zero-order valence-electron chi connectivity index (χ0n) is 63.2. The van der Waals surface area contributed by atoms with E-state index >= 15 is 0 Å². The normalized spacial score (nSPS) is 36.1. The Hall–Kier alpha value is -4.91. The topological polar surface area (TPSA) is 755 Å². The monoisotopic (exact) mass is 1680 g/mol. The third kappa shape index (κ3) is 26.3. The van der Waals surface area contributed by atoms with Crippen molar-refractivity contribution in [3.63, 3.8) is 0 Å². The number of ether oxygens (including phenoxy) is 10. The summed E-state index contributed by atoms with van der Waals surface area (Å²) >= 11 is 0. The quantitative estimate of drug-likeness (QED) is 0.0270. The Morgan fingerprint density at radius 1 is 0.348 bits per heavy atom. The summed E-state index contributed by atoms with van der Waals surface area (Å²) in [6.07, 6.45) is -50.4. The summed E-state index contributed by atoms with van der Waals surface area (Å²) < 4.78 is 56.3. The van der Waals surface area contributed by atoms with Crippen LogP contribution in [0.2, 0.25) is 0 Å². The van der Waals surface area contributed by atoms with E-state index in [1.165, 1.54) is 26.5 Å². The molecule has 6 aliphatic heterocycles. The summed E-state index contributed by atoms with van der Waals surface area (Å²) in [6, 6.07) is -6.55. The van der Waals surface area contributed by atoms with Crippen molar-refractivity contribution in [2.75, 3.05) is 125 Å². The van der Waals surface area contributed by atoms with Gasteiger partial charge >= 0.3 is 23.9 Å². The van der Waals surface area contributed by atoms with Crippen LogP contribution in [0.3, 0.4) is 0 Å². The first-order chi connectivity index (χ1) is 54.3. The third-order valence-corrected chi connectivity index (χ3v) is 21.3. The lowest BCUT2D eigenvalue weighted by atomic mass is 9.94. The van der Waals surface area contributed by atoms with E-state index in [0.29, 0.717) is 0 Å². The van der Waals surface area contributed by atoms with Crippen LogP contribution in [-0.4, -0.2) is 497 Å². The van der Waals surface area contributed by atoms with Crippen LogP contribution in [-0.2, 0) is 80.9 Å². The highest BCUT2D eigenvalue weighted by Gasteiger charge is 2.53. The zero-order chi connectivity index (χ0) is 85.7. The van der Waals surface area contributed by atoms with E-state index in [4.69, 9.17) is 47.4 Å². The van der Waals surface area contributed by atoms with Gasteiger partial charge in [-0.05, 0) is 32.6 Å². The highest BCUT2D eigenvalue weighted by molar-refractivity contribution is 5.80. The molecule has 2 amide bonds. The minimum atomic E-state index is -2.46. The zero-order valence-corrected chi connectivity index (χ0v) is 63.2. The van der Waals surface area contributed by atoms with Gasteiger partial charge in [0.15, 0.2) is 37.7 Å². The number of Topliss-reactive ketones (excluding diaryl/α,β-unsaturated/α-hetero) is 1. The van der Waals surface area contributed by atoms with Gasteiger partial charge in [0.2, 0.25) is 11.8 Å². The number of rotatable bonds is 42. The number of nitrogens with one attached hydrogen (secondary N) is 2. The van der Waals surface area contributed by atoms with Gasteiger partial charge in [0.25, 0.3) is 0 Å². The molecule has 0 aliphatic carbocycles. The van der Waals surface area contributed by atoms with Gasteiger partial charge in [-0.3, -0.25) is 48.4 Å². The first kappa shape index (κ1) is 98.9. The number of carbonyl (C=O) groups excluding carboxylic acids is 3. The second kappa shape index (κ2) is 46.2. The molecule has 6 fully saturated rings. The molecule has 6 aliphatic rings. The van der Waals surface area contributed by atoms with Crippen molar-refractivity contribution in [2.45, 2.75) is 248 Å². The molecular weight excluding hydrogens is 1560 g/mol. The van der Waals surface area contributed by atoms with Crippen LogP contribution in [0, 0.1) is 5.92 Å². The first-order valence-electron chi connectivity index (χ1n) is 37.5. The lowest BCUT2D eigenvalue weighted by Gasteiger charge is -2.44. The molecule has 26 unspecified atom stereocenters. The molecule has 0 aromatic rings. The molecule has 0 aromatic heterocycles. The number of aliphatic carboxylic acids is 4. The van der Waals surface area contributed by atoms with Gasteiger partial charge in [0.05, 0.1) is 84.7 Å². The van der Waals surface area contributed by atoms with Gasteiger partial charge in [0.1, 0.15) is 145 Å². The predicted molar refractivity (Wildman–Crippen MR) is 372 cm³/mol. The highest BCUT2D eigenvalue weighted by Crippen LogP contribution is 2.32.